The fraction of sp³-hybridized carbons (Fsp3) is 0.714. The summed E-state index contributed by atoms with van der Waals surface area (Å²) in [4.78, 5) is 44.7. The number of hydrogen-bond acceptors (Lipinski definition) is 10. The van der Waals surface area contributed by atoms with Gasteiger partial charge in [-0.25, -0.2) is 0 Å². The standard InChI is InChI=1S/C14H20O10/c1-6(15)20-5-10-12(21-7(2)16)13(22-8(3)17)11(19)14(24-10)23-9(4)18/h10-14,19H,5H2,1-4H3/t10-,11-,12+,13+,14+/m0/s1. The van der Waals surface area contributed by atoms with Crippen molar-refractivity contribution in [2.24, 2.45) is 0 Å². The van der Waals surface area contributed by atoms with E-state index in [-0.39, 0.29) is 6.61 Å². The molecule has 1 saturated heterocycles. The molecule has 0 aromatic carbocycles. The molecule has 0 radical (unpaired) electrons. The van der Waals surface area contributed by atoms with E-state index in [9.17, 15) is 24.3 Å². The molecule has 1 aliphatic heterocycles. The van der Waals surface area contributed by atoms with E-state index in [4.69, 9.17) is 23.7 Å². The second kappa shape index (κ2) is 8.60. The van der Waals surface area contributed by atoms with E-state index in [1.807, 2.05) is 0 Å². The molecule has 0 saturated carbocycles. The Kier molecular flexibility index (Phi) is 7.11. The maximum Gasteiger partial charge on any atom is 0.305 e. The van der Waals surface area contributed by atoms with Crippen molar-refractivity contribution in [3.63, 3.8) is 0 Å². The number of rotatable bonds is 5. The molecule has 0 aromatic heterocycles. The molecule has 0 bridgehead atoms. The number of aliphatic hydroxyl groups is 1. The molecule has 0 aromatic rings. The molecule has 10 heteroatoms. The number of carbonyl (C=O) groups is 4. The summed E-state index contributed by atoms with van der Waals surface area (Å²) in [5, 5.41) is 10.2. The molecule has 10 nitrogen and oxygen atoms in total. The molecule has 0 aliphatic carbocycles. The van der Waals surface area contributed by atoms with Gasteiger partial charge in [-0.3, -0.25) is 19.2 Å². The molecule has 0 unspecified atom stereocenters. The van der Waals surface area contributed by atoms with E-state index in [0.717, 1.165) is 27.7 Å². The molecule has 0 amide bonds. The Labute approximate surface area is 137 Å². The minimum absolute atomic E-state index is 0.366. The zero-order valence-corrected chi connectivity index (χ0v) is 13.7. The van der Waals surface area contributed by atoms with Crippen LogP contribution in [0, 0.1) is 0 Å². The van der Waals surface area contributed by atoms with Crippen LogP contribution in [0.15, 0.2) is 0 Å². The summed E-state index contributed by atoms with van der Waals surface area (Å²) in [6.07, 6.45) is -6.83. The van der Waals surface area contributed by atoms with Crippen molar-refractivity contribution < 1.29 is 48.0 Å². The molecule has 1 N–H and O–H groups in total. The average Bonchev–Trinajstić information content (AvgIpc) is 2.42. The lowest BCUT2D eigenvalue weighted by Gasteiger charge is -2.42. The van der Waals surface area contributed by atoms with Crippen molar-refractivity contribution in [1.82, 2.24) is 0 Å². The van der Waals surface area contributed by atoms with Crippen molar-refractivity contribution in [3.05, 3.63) is 0 Å². The maximum atomic E-state index is 11.3. The van der Waals surface area contributed by atoms with Crippen LogP contribution in [0.4, 0.5) is 0 Å². The minimum Gasteiger partial charge on any atom is -0.463 e. The van der Waals surface area contributed by atoms with Gasteiger partial charge in [0.25, 0.3) is 0 Å². The van der Waals surface area contributed by atoms with Gasteiger partial charge in [0.05, 0.1) is 0 Å². The molecular weight excluding hydrogens is 328 g/mol. The number of carbonyl (C=O) groups excluding carboxylic acids is 4. The molecule has 5 atom stereocenters. The molecule has 1 heterocycles. The Morgan fingerprint density at radius 3 is 1.79 bits per heavy atom. The van der Waals surface area contributed by atoms with Crippen molar-refractivity contribution in [2.75, 3.05) is 6.61 Å². The smallest absolute Gasteiger partial charge is 0.305 e. The van der Waals surface area contributed by atoms with Gasteiger partial charge in [-0.2, -0.15) is 0 Å². The van der Waals surface area contributed by atoms with Crippen molar-refractivity contribution in [1.29, 1.82) is 0 Å². The SMILES string of the molecule is CC(=O)OC[C@@H]1O[C@@H](OC(C)=O)[C@@H](O)[C@@H](OC(C)=O)[C@@H]1OC(C)=O. The Morgan fingerprint density at radius 2 is 1.33 bits per heavy atom. The summed E-state index contributed by atoms with van der Waals surface area (Å²) >= 11 is 0. The van der Waals surface area contributed by atoms with Crippen LogP contribution < -0.4 is 0 Å². The summed E-state index contributed by atoms with van der Waals surface area (Å²) in [6, 6.07) is 0. The normalized spacial score (nSPS) is 29.3. The second-order valence-corrected chi connectivity index (χ2v) is 5.09. The molecule has 24 heavy (non-hydrogen) atoms. The van der Waals surface area contributed by atoms with E-state index >= 15 is 0 Å². The molecule has 136 valence electrons. The van der Waals surface area contributed by atoms with Gasteiger partial charge in [0.15, 0.2) is 18.3 Å². The van der Waals surface area contributed by atoms with Gasteiger partial charge in [0.2, 0.25) is 6.29 Å². The van der Waals surface area contributed by atoms with Crippen LogP contribution in [0.3, 0.4) is 0 Å². The molecular formula is C14H20O10. The number of hydrogen-bond donors (Lipinski definition) is 1. The highest BCUT2D eigenvalue weighted by Crippen LogP contribution is 2.27. The molecule has 1 rings (SSSR count). The lowest BCUT2D eigenvalue weighted by Crippen LogP contribution is -2.62. The average molecular weight is 348 g/mol. The lowest BCUT2D eigenvalue weighted by molar-refractivity contribution is -0.297. The topological polar surface area (TPSA) is 135 Å². The summed E-state index contributed by atoms with van der Waals surface area (Å²) in [7, 11) is 0. The first kappa shape index (κ1) is 19.8. The van der Waals surface area contributed by atoms with Crippen LogP contribution in [0.2, 0.25) is 0 Å². The molecule has 1 aliphatic rings. The first-order valence-corrected chi connectivity index (χ1v) is 7.10. The van der Waals surface area contributed by atoms with Crippen LogP contribution >= 0.6 is 0 Å². The Hall–Kier alpha value is -2.20. The first-order valence-electron chi connectivity index (χ1n) is 7.10. The third-order valence-electron chi connectivity index (χ3n) is 2.95. The van der Waals surface area contributed by atoms with Gasteiger partial charge < -0.3 is 28.8 Å². The predicted molar refractivity (Wildman–Crippen MR) is 74.2 cm³/mol. The quantitative estimate of drug-likeness (QED) is 0.490. The first-order chi connectivity index (χ1) is 11.1. The van der Waals surface area contributed by atoms with Gasteiger partial charge >= 0.3 is 23.9 Å². The van der Waals surface area contributed by atoms with Crippen LogP contribution in [0.25, 0.3) is 0 Å². The summed E-state index contributed by atoms with van der Waals surface area (Å²) < 4.78 is 25.0. The summed E-state index contributed by atoms with van der Waals surface area (Å²) in [5.41, 5.74) is 0. The van der Waals surface area contributed by atoms with E-state index in [2.05, 4.69) is 0 Å². The fourth-order valence-electron chi connectivity index (χ4n) is 2.15. The van der Waals surface area contributed by atoms with Gasteiger partial charge in [-0.05, 0) is 0 Å². The summed E-state index contributed by atoms with van der Waals surface area (Å²) in [6.45, 7) is 4.09. The van der Waals surface area contributed by atoms with Crippen LogP contribution in [-0.4, -0.2) is 66.3 Å². The van der Waals surface area contributed by atoms with E-state index in [1.165, 1.54) is 0 Å². The van der Waals surface area contributed by atoms with Crippen molar-refractivity contribution >= 4 is 23.9 Å². The van der Waals surface area contributed by atoms with Crippen LogP contribution in [-0.2, 0) is 42.9 Å². The van der Waals surface area contributed by atoms with Crippen molar-refractivity contribution in [3.8, 4) is 0 Å². The Balaban J connectivity index is 3.08. The van der Waals surface area contributed by atoms with E-state index < -0.39 is 54.6 Å². The third kappa shape index (κ3) is 5.78. The fourth-order valence-corrected chi connectivity index (χ4v) is 2.15. The monoisotopic (exact) mass is 348 g/mol. The van der Waals surface area contributed by atoms with Gasteiger partial charge in [-0.15, -0.1) is 0 Å². The highest BCUT2D eigenvalue weighted by Gasteiger charge is 2.51. The second-order valence-electron chi connectivity index (χ2n) is 5.09. The van der Waals surface area contributed by atoms with E-state index in [0.29, 0.717) is 0 Å². The van der Waals surface area contributed by atoms with Crippen molar-refractivity contribution in [2.45, 2.75) is 58.4 Å². The van der Waals surface area contributed by atoms with Gasteiger partial charge in [0, 0.05) is 27.7 Å². The Morgan fingerprint density at radius 1 is 0.833 bits per heavy atom. The lowest BCUT2D eigenvalue weighted by atomic mass is 9.98. The zero-order chi connectivity index (χ0) is 18.4. The van der Waals surface area contributed by atoms with Gasteiger partial charge in [-0.1, -0.05) is 0 Å². The largest absolute Gasteiger partial charge is 0.463 e. The molecule has 0 spiro atoms. The number of esters is 4. The number of aliphatic hydroxyl groups excluding tert-OH is 1. The highest BCUT2D eigenvalue weighted by molar-refractivity contribution is 5.68. The van der Waals surface area contributed by atoms with Crippen LogP contribution in [0.5, 0.6) is 0 Å². The maximum absolute atomic E-state index is 11.3. The molecule has 1 fully saturated rings. The minimum atomic E-state index is -1.60. The summed E-state index contributed by atoms with van der Waals surface area (Å²) in [5.74, 6) is -2.87. The van der Waals surface area contributed by atoms with E-state index in [1.54, 1.807) is 0 Å². The van der Waals surface area contributed by atoms with Gasteiger partial charge in [0.1, 0.15) is 12.7 Å². The zero-order valence-electron chi connectivity index (χ0n) is 13.7. The third-order valence-corrected chi connectivity index (χ3v) is 2.95. The van der Waals surface area contributed by atoms with Crippen LogP contribution in [0.1, 0.15) is 27.7 Å². The predicted octanol–water partition coefficient (Wildman–Crippen LogP) is -0.938. The highest BCUT2D eigenvalue weighted by atomic mass is 16.7. The number of ether oxygens (including phenoxy) is 5. The Bertz CT molecular complexity index is 486.